The lowest BCUT2D eigenvalue weighted by atomic mass is 10.3. The normalized spacial score (nSPS) is 14.2. The zero-order valence-electron chi connectivity index (χ0n) is 13.4. The molecular formula is C18H15N5S2. The Morgan fingerprint density at radius 2 is 2.04 bits per heavy atom. The molecule has 7 heteroatoms. The summed E-state index contributed by atoms with van der Waals surface area (Å²) < 4.78 is 3.51. The van der Waals surface area contributed by atoms with E-state index in [0.29, 0.717) is 6.04 Å². The molecule has 124 valence electrons. The Hall–Kier alpha value is -2.25. The minimum Gasteiger partial charge on any atom is -0.299 e. The summed E-state index contributed by atoms with van der Waals surface area (Å²) in [7, 11) is 0. The molecule has 4 aromatic rings. The van der Waals surface area contributed by atoms with Gasteiger partial charge in [0.2, 0.25) is 0 Å². The van der Waals surface area contributed by atoms with Crippen molar-refractivity contribution < 1.29 is 0 Å². The van der Waals surface area contributed by atoms with Gasteiger partial charge in [0.25, 0.3) is 0 Å². The number of nitrogens with zero attached hydrogens (tertiary/aromatic N) is 5. The van der Waals surface area contributed by atoms with Crippen LogP contribution < -0.4 is 0 Å². The van der Waals surface area contributed by atoms with Crippen LogP contribution in [0.2, 0.25) is 0 Å². The van der Waals surface area contributed by atoms with Gasteiger partial charge in [-0.05, 0) is 37.1 Å². The highest BCUT2D eigenvalue weighted by Crippen LogP contribution is 2.41. The van der Waals surface area contributed by atoms with Crippen LogP contribution in [0.1, 0.15) is 23.9 Å². The van der Waals surface area contributed by atoms with Crippen molar-refractivity contribution in [1.82, 2.24) is 24.7 Å². The first-order valence-corrected chi connectivity index (χ1v) is 10.0. The monoisotopic (exact) mass is 365 g/mol. The van der Waals surface area contributed by atoms with E-state index in [4.69, 9.17) is 4.98 Å². The molecular weight excluding hydrogens is 350 g/mol. The molecule has 0 aliphatic heterocycles. The van der Waals surface area contributed by atoms with E-state index >= 15 is 0 Å². The first kappa shape index (κ1) is 15.0. The quantitative estimate of drug-likeness (QED) is 0.485. The fraction of sp³-hybridized carbons (Fsp3) is 0.222. The summed E-state index contributed by atoms with van der Waals surface area (Å²) in [6.07, 6.45) is 6.02. The Labute approximate surface area is 153 Å². The second kappa shape index (κ2) is 6.24. The molecule has 3 aromatic heterocycles. The van der Waals surface area contributed by atoms with Gasteiger partial charge in [0.15, 0.2) is 11.0 Å². The van der Waals surface area contributed by atoms with Crippen LogP contribution in [0.4, 0.5) is 0 Å². The Bertz CT molecular complexity index is 987. The van der Waals surface area contributed by atoms with Crippen molar-refractivity contribution in [3.8, 4) is 11.4 Å². The van der Waals surface area contributed by atoms with E-state index < -0.39 is 0 Å². The molecule has 1 aliphatic rings. The summed E-state index contributed by atoms with van der Waals surface area (Å²) in [6, 6.07) is 12.8. The maximum Gasteiger partial charge on any atom is 0.192 e. The number of hydrogen-bond acceptors (Lipinski definition) is 6. The molecule has 1 saturated carbocycles. The third-order valence-electron chi connectivity index (χ3n) is 4.16. The maximum absolute atomic E-state index is 4.71. The van der Waals surface area contributed by atoms with Crippen LogP contribution in [0.15, 0.2) is 53.9 Å². The average Bonchev–Trinajstić information content (AvgIpc) is 3.27. The third kappa shape index (κ3) is 2.94. The summed E-state index contributed by atoms with van der Waals surface area (Å²) in [5.41, 5.74) is 2.09. The second-order valence-corrected chi connectivity index (χ2v) is 8.07. The maximum atomic E-state index is 4.71. The third-order valence-corrected chi connectivity index (χ3v) is 6.33. The molecule has 1 fully saturated rings. The lowest BCUT2D eigenvalue weighted by Gasteiger charge is -2.07. The first-order valence-electron chi connectivity index (χ1n) is 8.21. The van der Waals surface area contributed by atoms with E-state index in [1.54, 1.807) is 29.3 Å². The van der Waals surface area contributed by atoms with E-state index in [1.165, 1.54) is 17.5 Å². The van der Waals surface area contributed by atoms with Crippen LogP contribution in [0.25, 0.3) is 21.6 Å². The molecule has 25 heavy (non-hydrogen) atoms. The van der Waals surface area contributed by atoms with Crippen molar-refractivity contribution in [3.05, 3.63) is 53.8 Å². The van der Waals surface area contributed by atoms with Gasteiger partial charge in [-0.15, -0.1) is 21.5 Å². The Kier molecular flexibility index (Phi) is 3.75. The highest BCUT2D eigenvalue weighted by Gasteiger charge is 2.30. The molecule has 5 rings (SSSR count). The number of benzene rings is 1. The second-order valence-electron chi connectivity index (χ2n) is 6.01. The van der Waals surface area contributed by atoms with Gasteiger partial charge >= 0.3 is 0 Å². The number of thioether (sulfide) groups is 1. The van der Waals surface area contributed by atoms with Gasteiger partial charge in [-0.1, -0.05) is 23.9 Å². The van der Waals surface area contributed by atoms with Crippen molar-refractivity contribution >= 4 is 33.3 Å². The number of fused-ring (bicyclic) bond motifs is 1. The summed E-state index contributed by atoms with van der Waals surface area (Å²) in [6.45, 7) is 0. The van der Waals surface area contributed by atoms with E-state index in [-0.39, 0.29) is 0 Å². The molecule has 0 atom stereocenters. The van der Waals surface area contributed by atoms with E-state index in [9.17, 15) is 0 Å². The predicted molar refractivity (Wildman–Crippen MR) is 101 cm³/mol. The molecule has 1 aliphatic carbocycles. The van der Waals surface area contributed by atoms with Crippen molar-refractivity contribution in [2.45, 2.75) is 29.8 Å². The lowest BCUT2D eigenvalue weighted by Crippen LogP contribution is -2.00. The number of pyridine rings is 1. The number of para-hydroxylation sites is 1. The molecule has 3 heterocycles. The summed E-state index contributed by atoms with van der Waals surface area (Å²) in [4.78, 5) is 8.93. The van der Waals surface area contributed by atoms with Gasteiger partial charge in [-0.25, -0.2) is 4.98 Å². The molecule has 0 amide bonds. The number of hydrogen-bond donors (Lipinski definition) is 0. The summed E-state index contributed by atoms with van der Waals surface area (Å²) in [5, 5.41) is 11.0. The van der Waals surface area contributed by atoms with Crippen molar-refractivity contribution in [1.29, 1.82) is 0 Å². The standard InChI is InChI=1S/C18H15N5S2/c1-2-6-15-14(5-1)20-16(25-15)11-24-18-22-21-17(23(18)13-7-8-13)12-4-3-9-19-10-12/h1-6,9-10,13H,7-8,11H2. The molecule has 0 radical (unpaired) electrons. The van der Waals surface area contributed by atoms with Crippen LogP contribution in [0.3, 0.4) is 0 Å². The van der Waals surface area contributed by atoms with Gasteiger partial charge in [-0.2, -0.15) is 0 Å². The summed E-state index contributed by atoms with van der Waals surface area (Å²) >= 11 is 3.47. The zero-order valence-corrected chi connectivity index (χ0v) is 15.0. The number of thiazole rings is 1. The van der Waals surface area contributed by atoms with Gasteiger partial charge in [-0.3, -0.25) is 9.55 Å². The van der Waals surface area contributed by atoms with Gasteiger partial charge in [0.1, 0.15) is 5.01 Å². The summed E-state index contributed by atoms with van der Waals surface area (Å²) in [5.74, 6) is 1.74. The molecule has 0 bridgehead atoms. The lowest BCUT2D eigenvalue weighted by molar-refractivity contribution is 0.669. The molecule has 0 saturated heterocycles. The fourth-order valence-electron chi connectivity index (χ4n) is 2.84. The van der Waals surface area contributed by atoms with Crippen LogP contribution in [0.5, 0.6) is 0 Å². The largest absolute Gasteiger partial charge is 0.299 e. The Balaban J connectivity index is 1.43. The van der Waals surface area contributed by atoms with E-state index in [2.05, 4.69) is 37.9 Å². The molecule has 1 aromatic carbocycles. The van der Waals surface area contributed by atoms with Crippen LogP contribution in [0, 0.1) is 0 Å². The van der Waals surface area contributed by atoms with Crippen molar-refractivity contribution in [2.75, 3.05) is 0 Å². The Morgan fingerprint density at radius 3 is 2.84 bits per heavy atom. The van der Waals surface area contributed by atoms with Crippen molar-refractivity contribution in [2.24, 2.45) is 0 Å². The fourth-order valence-corrected chi connectivity index (χ4v) is 4.80. The molecule has 0 unspecified atom stereocenters. The molecule has 0 spiro atoms. The van der Waals surface area contributed by atoms with Crippen LogP contribution >= 0.6 is 23.1 Å². The van der Waals surface area contributed by atoms with Crippen molar-refractivity contribution in [3.63, 3.8) is 0 Å². The average molecular weight is 365 g/mol. The minimum atomic E-state index is 0.517. The topological polar surface area (TPSA) is 56.5 Å². The molecule has 0 N–H and O–H groups in total. The van der Waals surface area contributed by atoms with Crippen LogP contribution in [-0.2, 0) is 5.75 Å². The number of rotatable bonds is 5. The van der Waals surface area contributed by atoms with Crippen LogP contribution in [-0.4, -0.2) is 24.7 Å². The number of aromatic nitrogens is 5. The van der Waals surface area contributed by atoms with Gasteiger partial charge < -0.3 is 0 Å². The highest BCUT2D eigenvalue weighted by molar-refractivity contribution is 7.98. The minimum absolute atomic E-state index is 0.517. The predicted octanol–water partition coefficient (Wildman–Crippen LogP) is 4.58. The molecule has 5 nitrogen and oxygen atoms in total. The van der Waals surface area contributed by atoms with Gasteiger partial charge in [0, 0.05) is 24.0 Å². The van der Waals surface area contributed by atoms with E-state index in [1.807, 2.05) is 24.4 Å². The highest BCUT2D eigenvalue weighted by atomic mass is 32.2. The zero-order chi connectivity index (χ0) is 16.6. The van der Waals surface area contributed by atoms with E-state index in [0.717, 1.165) is 32.8 Å². The van der Waals surface area contributed by atoms with Gasteiger partial charge in [0.05, 0.1) is 16.0 Å². The smallest absolute Gasteiger partial charge is 0.192 e. The first-order chi connectivity index (χ1) is 12.4. The Morgan fingerprint density at radius 1 is 1.12 bits per heavy atom. The SMILES string of the molecule is c1cncc(-c2nnc(SCc3nc4ccccc4s3)n2C2CC2)c1.